The zero-order valence-corrected chi connectivity index (χ0v) is 15.8. The summed E-state index contributed by atoms with van der Waals surface area (Å²) in [5, 5.41) is 6.70. The fourth-order valence-electron chi connectivity index (χ4n) is 2.79. The molecule has 0 aliphatic carbocycles. The van der Waals surface area contributed by atoms with Crippen LogP contribution in [0.4, 0.5) is 0 Å². The van der Waals surface area contributed by atoms with Crippen LogP contribution in [0.15, 0.2) is 27.8 Å². The number of furan rings is 1. The summed E-state index contributed by atoms with van der Waals surface area (Å²) >= 11 is 0. The fourth-order valence-corrected chi connectivity index (χ4v) is 2.79. The Bertz CT molecular complexity index is 492. The van der Waals surface area contributed by atoms with Crippen LogP contribution in [0.5, 0.6) is 0 Å². The van der Waals surface area contributed by atoms with Gasteiger partial charge in [0.2, 0.25) is 0 Å². The molecule has 0 amide bonds. The van der Waals surface area contributed by atoms with Gasteiger partial charge in [0, 0.05) is 45.4 Å². The maximum Gasteiger partial charge on any atom is 0.191 e. The lowest BCUT2D eigenvalue weighted by Crippen LogP contribution is -2.51. The lowest BCUT2D eigenvalue weighted by atomic mass is 10.2. The minimum atomic E-state index is 0.478. The van der Waals surface area contributed by atoms with Crippen molar-refractivity contribution in [2.45, 2.75) is 26.0 Å². The molecule has 0 spiro atoms. The number of guanidine groups is 1. The van der Waals surface area contributed by atoms with Gasteiger partial charge in [-0.15, -0.1) is 0 Å². The van der Waals surface area contributed by atoms with Crippen LogP contribution in [-0.4, -0.2) is 81.8 Å². The number of piperazine rings is 1. The van der Waals surface area contributed by atoms with Crippen LogP contribution >= 0.6 is 0 Å². The lowest BCUT2D eigenvalue weighted by Gasteiger charge is -2.36. The predicted octanol–water partition coefficient (Wildman–Crippen LogP) is 0.987. The minimum Gasteiger partial charge on any atom is -0.467 e. The van der Waals surface area contributed by atoms with Gasteiger partial charge < -0.3 is 24.7 Å². The number of aliphatic imine (C=N–C) groups is 1. The largest absolute Gasteiger partial charge is 0.467 e. The van der Waals surface area contributed by atoms with Gasteiger partial charge in [-0.1, -0.05) is 0 Å². The topological polar surface area (TPSA) is 65.3 Å². The number of likely N-dealkylation sites (N-methyl/N-ethyl adjacent to an activating group) is 2. The van der Waals surface area contributed by atoms with E-state index < -0.39 is 0 Å². The van der Waals surface area contributed by atoms with Gasteiger partial charge >= 0.3 is 0 Å². The first-order valence-electron chi connectivity index (χ1n) is 9.20. The summed E-state index contributed by atoms with van der Waals surface area (Å²) in [4.78, 5) is 9.52. The quantitative estimate of drug-likeness (QED) is 0.393. The first kappa shape index (κ1) is 19.8. The molecule has 1 atom stereocenters. The molecule has 142 valence electrons. The Morgan fingerprint density at radius 1 is 1.36 bits per heavy atom. The maximum atomic E-state index is 5.59. The van der Waals surface area contributed by atoms with Crippen LogP contribution < -0.4 is 10.6 Å². The third kappa shape index (κ3) is 7.46. The van der Waals surface area contributed by atoms with E-state index in [1.807, 2.05) is 12.1 Å². The van der Waals surface area contributed by atoms with Crippen molar-refractivity contribution in [3.8, 4) is 0 Å². The van der Waals surface area contributed by atoms with Gasteiger partial charge in [0.25, 0.3) is 0 Å². The summed E-state index contributed by atoms with van der Waals surface area (Å²) in [6.07, 6.45) is 2.60. The van der Waals surface area contributed by atoms with Crippen molar-refractivity contribution in [1.82, 2.24) is 20.4 Å². The second-order valence-electron chi connectivity index (χ2n) is 6.53. The molecule has 1 saturated heterocycles. The van der Waals surface area contributed by atoms with Crippen molar-refractivity contribution in [3.05, 3.63) is 24.2 Å². The van der Waals surface area contributed by atoms with Crippen molar-refractivity contribution >= 4 is 5.96 Å². The maximum absolute atomic E-state index is 5.59. The van der Waals surface area contributed by atoms with Gasteiger partial charge in [-0.25, -0.2) is 0 Å². The highest BCUT2D eigenvalue weighted by atomic mass is 16.5. The van der Waals surface area contributed by atoms with Crippen molar-refractivity contribution in [1.29, 1.82) is 0 Å². The molecule has 0 bridgehead atoms. The second kappa shape index (κ2) is 11.1. The number of nitrogens with zero attached hydrogens (tertiary/aromatic N) is 3. The SMILES string of the molecule is CCNC(=NCC1CN(C)CCN1C)NCCCOCc1ccco1. The second-order valence-corrected chi connectivity index (χ2v) is 6.53. The normalized spacial score (nSPS) is 20.0. The first-order valence-corrected chi connectivity index (χ1v) is 9.20. The predicted molar refractivity (Wildman–Crippen MR) is 101 cm³/mol. The Labute approximate surface area is 151 Å². The van der Waals surface area contributed by atoms with Crippen LogP contribution in [0.25, 0.3) is 0 Å². The number of hydrogen-bond acceptors (Lipinski definition) is 5. The van der Waals surface area contributed by atoms with Crippen LogP contribution in [0, 0.1) is 0 Å². The average molecular weight is 351 g/mol. The smallest absolute Gasteiger partial charge is 0.191 e. The lowest BCUT2D eigenvalue weighted by molar-refractivity contribution is 0.105. The fraction of sp³-hybridized carbons (Fsp3) is 0.722. The van der Waals surface area contributed by atoms with E-state index in [0.717, 1.165) is 57.4 Å². The number of hydrogen-bond donors (Lipinski definition) is 2. The van der Waals surface area contributed by atoms with E-state index in [-0.39, 0.29) is 0 Å². The van der Waals surface area contributed by atoms with Crippen LogP contribution in [0.3, 0.4) is 0 Å². The molecular weight excluding hydrogens is 318 g/mol. The molecule has 0 radical (unpaired) electrons. The molecule has 1 aliphatic heterocycles. The van der Waals surface area contributed by atoms with E-state index in [1.165, 1.54) is 0 Å². The summed E-state index contributed by atoms with van der Waals surface area (Å²) in [5.74, 6) is 1.75. The zero-order chi connectivity index (χ0) is 17.9. The molecule has 1 aromatic heterocycles. The van der Waals surface area contributed by atoms with Gasteiger partial charge in [-0.2, -0.15) is 0 Å². The third-order valence-electron chi connectivity index (χ3n) is 4.37. The highest BCUT2D eigenvalue weighted by molar-refractivity contribution is 5.79. The molecule has 7 heteroatoms. The molecule has 25 heavy (non-hydrogen) atoms. The standard InChI is InChI=1S/C18H33N5O2/c1-4-19-18(21-13-16-14-22(2)9-10-23(16)3)20-8-6-11-24-15-17-7-5-12-25-17/h5,7,12,16H,4,6,8-11,13-15H2,1-3H3,(H2,19,20,21). The Balaban J connectivity index is 1.64. The Morgan fingerprint density at radius 2 is 2.24 bits per heavy atom. The molecule has 1 aromatic rings. The molecule has 1 fully saturated rings. The van der Waals surface area contributed by atoms with Crippen LogP contribution in [-0.2, 0) is 11.3 Å². The molecule has 2 heterocycles. The van der Waals surface area contributed by atoms with Gasteiger partial charge in [0.1, 0.15) is 12.4 Å². The molecule has 1 unspecified atom stereocenters. The van der Waals surface area contributed by atoms with Crippen molar-refractivity contribution in [2.75, 3.05) is 60.0 Å². The number of rotatable bonds is 9. The minimum absolute atomic E-state index is 0.478. The van der Waals surface area contributed by atoms with Crippen LogP contribution in [0.2, 0.25) is 0 Å². The summed E-state index contributed by atoms with van der Waals surface area (Å²) in [6, 6.07) is 4.28. The molecule has 7 nitrogen and oxygen atoms in total. The zero-order valence-electron chi connectivity index (χ0n) is 15.8. The van der Waals surface area contributed by atoms with Gasteiger partial charge in [0.15, 0.2) is 5.96 Å². The van der Waals surface area contributed by atoms with Gasteiger partial charge in [-0.3, -0.25) is 9.89 Å². The molecule has 0 saturated carbocycles. The summed E-state index contributed by atoms with van der Waals surface area (Å²) in [7, 11) is 4.36. The molecule has 2 rings (SSSR count). The van der Waals surface area contributed by atoms with E-state index in [4.69, 9.17) is 14.1 Å². The Hall–Kier alpha value is -1.57. The van der Waals surface area contributed by atoms with E-state index in [1.54, 1.807) is 6.26 Å². The first-order chi connectivity index (χ1) is 12.2. The third-order valence-corrected chi connectivity index (χ3v) is 4.37. The summed E-state index contributed by atoms with van der Waals surface area (Å²) in [6.45, 7) is 9.13. The van der Waals surface area contributed by atoms with E-state index >= 15 is 0 Å². The molecule has 0 aromatic carbocycles. The summed E-state index contributed by atoms with van der Waals surface area (Å²) in [5.41, 5.74) is 0. The van der Waals surface area contributed by atoms with Gasteiger partial charge in [-0.05, 0) is 39.6 Å². The van der Waals surface area contributed by atoms with Crippen LogP contribution in [0.1, 0.15) is 19.1 Å². The van der Waals surface area contributed by atoms with Crippen molar-refractivity contribution < 1.29 is 9.15 Å². The summed E-state index contributed by atoms with van der Waals surface area (Å²) < 4.78 is 10.8. The van der Waals surface area contributed by atoms with Crippen molar-refractivity contribution in [3.63, 3.8) is 0 Å². The monoisotopic (exact) mass is 351 g/mol. The van der Waals surface area contributed by atoms with Gasteiger partial charge in [0.05, 0.1) is 12.8 Å². The number of nitrogens with one attached hydrogen (secondary N) is 2. The number of ether oxygens (including phenoxy) is 1. The highest BCUT2D eigenvalue weighted by Gasteiger charge is 2.21. The van der Waals surface area contributed by atoms with E-state index in [2.05, 4.69) is 41.5 Å². The average Bonchev–Trinajstić information content (AvgIpc) is 3.11. The van der Waals surface area contributed by atoms with Crippen molar-refractivity contribution in [2.24, 2.45) is 4.99 Å². The Kier molecular flexibility index (Phi) is 8.79. The molecule has 2 N–H and O–H groups in total. The Morgan fingerprint density at radius 3 is 3.00 bits per heavy atom. The van der Waals surface area contributed by atoms with E-state index in [9.17, 15) is 0 Å². The van der Waals surface area contributed by atoms with E-state index in [0.29, 0.717) is 19.3 Å². The molecular formula is C18H33N5O2. The highest BCUT2D eigenvalue weighted by Crippen LogP contribution is 2.06. The molecule has 1 aliphatic rings.